The molecule has 27 heavy (non-hydrogen) atoms. The highest BCUT2D eigenvalue weighted by Gasteiger charge is 2.22. The lowest BCUT2D eigenvalue weighted by molar-refractivity contribution is 0.621. The van der Waals surface area contributed by atoms with E-state index in [9.17, 15) is 4.39 Å². The van der Waals surface area contributed by atoms with Gasteiger partial charge in [-0.2, -0.15) is 4.52 Å². The fourth-order valence-corrected chi connectivity index (χ4v) is 3.67. The zero-order valence-electron chi connectivity index (χ0n) is 15.0. The molecular formula is C20H19FN6. The lowest BCUT2D eigenvalue weighted by Gasteiger charge is -2.36. The molecule has 4 aromatic rings. The standard InChI is InChI=1S/C20H19FN6/c1-14-22-19-17-4-2-3-5-18(17)23-20(27(19)24-14)26-12-10-25(11-13-26)16-8-6-15(21)7-9-16/h2-9H,10-13H2,1H3. The molecular weight excluding hydrogens is 343 g/mol. The van der Waals surface area contributed by atoms with E-state index in [1.54, 1.807) is 0 Å². The molecule has 0 saturated carbocycles. The molecule has 1 fully saturated rings. The van der Waals surface area contributed by atoms with E-state index >= 15 is 0 Å². The van der Waals surface area contributed by atoms with Crippen molar-refractivity contribution in [3.63, 3.8) is 0 Å². The summed E-state index contributed by atoms with van der Waals surface area (Å²) in [6, 6.07) is 14.7. The molecule has 0 bridgehead atoms. The number of halogens is 1. The van der Waals surface area contributed by atoms with E-state index in [0.717, 1.165) is 60.2 Å². The van der Waals surface area contributed by atoms with Crippen molar-refractivity contribution in [1.82, 2.24) is 19.6 Å². The van der Waals surface area contributed by atoms with Gasteiger partial charge in [0.15, 0.2) is 5.65 Å². The summed E-state index contributed by atoms with van der Waals surface area (Å²) in [6.45, 7) is 5.22. The van der Waals surface area contributed by atoms with Crippen LogP contribution in [-0.4, -0.2) is 45.8 Å². The SMILES string of the molecule is Cc1nc2c3ccccc3nc(N3CCN(c4ccc(F)cc4)CC3)n2n1. The van der Waals surface area contributed by atoms with Crippen LogP contribution in [0.5, 0.6) is 0 Å². The number of hydrogen-bond donors (Lipinski definition) is 0. The van der Waals surface area contributed by atoms with Gasteiger partial charge in [-0.25, -0.2) is 14.4 Å². The zero-order chi connectivity index (χ0) is 18.4. The smallest absolute Gasteiger partial charge is 0.229 e. The molecule has 1 saturated heterocycles. The molecule has 2 aromatic heterocycles. The van der Waals surface area contributed by atoms with Crippen LogP contribution in [0.2, 0.25) is 0 Å². The zero-order valence-corrected chi connectivity index (χ0v) is 15.0. The lowest BCUT2D eigenvalue weighted by atomic mass is 10.2. The van der Waals surface area contributed by atoms with Gasteiger partial charge in [0.1, 0.15) is 11.6 Å². The van der Waals surface area contributed by atoms with E-state index in [1.807, 2.05) is 47.8 Å². The maximum absolute atomic E-state index is 13.2. The average molecular weight is 362 g/mol. The summed E-state index contributed by atoms with van der Waals surface area (Å²) in [7, 11) is 0. The Labute approximate surface area is 155 Å². The van der Waals surface area contributed by atoms with Crippen LogP contribution < -0.4 is 9.80 Å². The third-order valence-electron chi connectivity index (χ3n) is 5.02. The summed E-state index contributed by atoms with van der Waals surface area (Å²) in [4.78, 5) is 14.0. The maximum atomic E-state index is 13.2. The number of rotatable bonds is 2. The van der Waals surface area contributed by atoms with Gasteiger partial charge in [-0.3, -0.25) is 0 Å². The first-order valence-corrected chi connectivity index (χ1v) is 9.07. The fraction of sp³-hybridized carbons (Fsp3) is 0.250. The Morgan fingerprint density at radius 3 is 2.33 bits per heavy atom. The van der Waals surface area contributed by atoms with Crippen LogP contribution in [0.1, 0.15) is 5.82 Å². The van der Waals surface area contributed by atoms with Gasteiger partial charge < -0.3 is 9.80 Å². The van der Waals surface area contributed by atoms with Crippen LogP contribution in [0.3, 0.4) is 0 Å². The second kappa shape index (κ2) is 6.19. The Morgan fingerprint density at radius 2 is 1.56 bits per heavy atom. The van der Waals surface area contributed by atoms with Crippen molar-refractivity contribution in [2.24, 2.45) is 0 Å². The number of fused-ring (bicyclic) bond motifs is 3. The van der Waals surface area contributed by atoms with E-state index in [0.29, 0.717) is 0 Å². The third-order valence-corrected chi connectivity index (χ3v) is 5.02. The topological polar surface area (TPSA) is 49.6 Å². The van der Waals surface area contributed by atoms with E-state index in [-0.39, 0.29) is 5.82 Å². The van der Waals surface area contributed by atoms with Gasteiger partial charge in [0, 0.05) is 37.3 Å². The number of anilines is 2. The number of para-hydroxylation sites is 1. The van der Waals surface area contributed by atoms with Gasteiger partial charge in [-0.15, -0.1) is 5.10 Å². The van der Waals surface area contributed by atoms with Crippen molar-refractivity contribution in [1.29, 1.82) is 0 Å². The second-order valence-corrected chi connectivity index (χ2v) is 6.77. The number of nitrogens with zero attached hydrogens (tertiary/aromatic N) is 6. The highest BCUT2D eigenvalue weighted by atomic mass is 19.1. The van der Waals surface area contributed by atoms with E-state index in [2.05, 4.69) is 19.9 Å². The molecule has 0 N–H and O–H groups in total. The van der Waals surface area contributed by atoms with Crippen molar-refractivity contribution in [3.05, 3.63) is 60.2 Å². The Bertz CT molecular complexity index is 1110. The largest absolute Gasteiger partial charge is 0.368 e. The molecule has 3 heterocycles. The van der Waals surface area contributed by atoms with Crippen LogP contribution in [0.15, 0.2) is 48.5 Å². The highest BCUT2D eigenvalue weighted by molar-refractivity contribution is 5.92. The van der Waals surface area contributed by atoms with Gasteiger partial charge in [-0.05, 0) is 43.3 Å². The van der Waals surface area contributed by atoms with Crippen LogP contribution >= 0.6 is 0 Å². The number of hydrogen-bond acceptors (Lipinski definition) is 5. The number of aromatic nitrogens is 4. The summed E-state index contributed by atoms with van der Waals surface area (Å²) in [5.41, 5.74) is 2.81. The molecule has 6 nitrogen and oxygen atoms in total. The summed E-state index contributed by atoms with van der Waals surface area (Å²) in [6.07, 6.45) is 0. The van der Waals surface area contributed by atoms with Gasteiger partial charge in [0.2, 0.25) is 5.95 Å². The summed E-state index contributed by atoms with van der Waals surface area (Å²) in [5, 5.41) is 5.58. The third kappa shape index (κ3) is 2.75. The minimum absolute atomic E-state index is 0.207. The molecule has 2 aromatic carbocycles. The molecule has 0 radical (unpaired) electrons. The predicted octanol–water partition coefficient (Wildman–Crippen LogP) is 3.05. The number of piperazine rings is 1. The van der Waals surface area contributed by atoms with Crippen LogP contribution in [0.25, 0.3) is 16.6 Å². The molecule has 1 aliphatic rings. The maximum Gasteiger partial charge on any atom is 0.229 e. The van der Waals surface area contributed by atoms with Gasteiger partial charge >= 0.3 is 0 Å². The van der Waals surface area contributed by atoms with E-state index < -0.39 is 0 Å². The molecule has 1 aliphatic heterocycles. The first-order chi connectivity index (χ1) is 13.2. The Balaban J connectivity index is 1.48. The number of aryl methyl sites for hydroxylation is 1. The quantitative estimate of drug-likeness (QED) is 0.549. The first kappa shape index (κ1) is 16.0. The van der Waals surface area contributed by atoms with Crippen molar-refractivity contribution in [3.8, 4) is 0 Å². The van der Waals surface area contributed by atoms with Crippen molar-refractivity contribution >= 4 is 28.2 Å². The van der Waals surface area contributed by atoms with Crippen LogP contribution in [0.4, 0.5) is 16.0 Å². The summed E-state index contributed by atoms with van der Waals surface area (Å²) >= 11 is 0. The first-order valence-electron chi connectivity index (χ1n) is 9.07. The monoisotopic (exact) mass is 362 g/mol. The van der Waals surface area contributed by atoms with Crippen LogP contribution in [0, 0.1) is 12.7 Å². The number of benzene rings is 2. The van der Waals surface area contributed by atoms with Gasteiger partial charge in [-0.1, -0.05) is 12.1 Å². The summed E-state index contributed by atoms with van der Waals surface area (Å²) < 4.78 is 15.0. The van der Waals surface area contributed by atoms with E-state index in [1.165, 1.54) is 12.1 Å². The molecule has 136 valence electrons. The van der Waals surface area contributed by atoms with Crippen molar-refractivity contribution in [2.45, 2.75) is 6.92 Å². The molecule has 0 aliphatic carbocycles. The summed E-state index contributed by atoms with van der Waals surface area (Å²) in [5.74, 6) is 1.35. The second-order valence-electron chi connectivity index (χ2n) is 6.77. The minimum Gasteiger partial charge on any atom is -0.368 e. The van der Waals surface area contributed by atoms with Crippen molar-refractivity contribution in [2.75, 3.05) is 36.0 Å². The molecule has 5 rings (SSSR count). The van der Waals surface area contributed by atoms with Crippen LogP contribution in [-0.2, 0) is 0 Å². The van der Waals surface area contributed by atoms with Crippen molar-refractivity contribution < 1.29 is 4.39 Å². The average Bonchev–Trinajstić information content (AvgIpc) is 3.10. The molecule has 0 atom stereocenters. The lowest BCUT2D eigenvalue weighted by Crippen LogP contribution is -2.47. The van der Waals surface area contributed by atoms with E-state index in [4.69, 9.17) is 4.98 Å². The predicted molar refractivity (Wildman–Crippen MR) is 104 cm³/mol. The Kier molecular flexibility index (Phi) is 3.67. The van der Waals surface area contributed by atoms with Gasteiger partial charge in [0.05, 0.1) is 5.52 Å². The molecule has 0 unspecified atom stereocenters. The van der Waals surface area contributed by atoms with Gasteiger partial charge in [0.25, 0.3) is 0 Å². The Hall–Kier alpha value is -3.22. The fourth-order valence-electron chi connectivity index (χ4n) is 3.67. The minimum atomic E-state index is -0.207. The Morgan fingerprint density at radius 1 is 0.852 bits per heavy atom. The molecule has 7 heteroatoms. The highest BCUT2D eigenvalue weighted by Crippen LogP contribution is 2.24. The molecule has 0 spiro atoms. The molecule has 0 amide bonds. The normalized spacial score (nSPS) is 15.0.